The molecule has 0 spiro atoms. The van der Waals surface area contributed by atoms with E-state index in [-0.39, 0.29) is 0 Å². The van der Waals surface area contributed by atoms with Crippen LogP contribution in [0, 0.1) is 0 Å². The number of rotatable bonds is 4. The number of aliphatic hydroxyl groups is 1. The van der Waals surface area contributed by atoms with Crippen LogP contribution >= 0.6 is 0 Å². The number of sulfone groups is 1. The van der Waals surface area contributed by atoms with Gasteiger partial charge in [-0.3, -0.25) is 0 Å². The molecule has 15 heavy (non-hydrogen) atoms. The van der Waals surface area contributed by atoms with Crippen molar-refractivity contribution in [2.45, 2.75) is 5.25 Å². The van der Waals surface area contributed by atoms with Crippen LogP contribution in [-0.2, 0) is 9.84 Å². The molecule has 0 saturated carbocycles. The average Bonchev–Trinajstić information content (AvgIpc) is 2.18. The lowest BCUT2D eigenvalue weighted by molar-refractivity contribution is 0.292. The highest BCUT2D eigenvalue weighted by Crippen LogP contribution is 2.23. The molecule has 1 unspecified atom stereocenters. The lowest BCUT2D eigenvalue weighted by Crippen LogP contribution is -2.15. The molecule has 0 aliphatic rings. The van der Waals surface area contributed by atoms with E-state index in [0.29, 0.717) is 11.3 Å². The first kappa shape index (κ1) is 12.0. The van der Waals surface area contributed by atoms with Crippen molar-refractivity contribution in [2.24, 2.45) is 0 Å². The molecule has 0 aromatic heterocycles. The van der Waals surface area contributed by atoms with Crippen LogP contribution in [0.25, 0.3) is 0 Å². The Kier molecular flexibility index (Phi) is 3.71. The largest absolute Gasteiger partial charge is 0.497 e. The Morgan fingerprint density at radius 2 is 1.87 bits per heavy atom. The van der Waals surface area contributed by atoms with Crippen LogP contribution < -0.4 is 4.74 Å². The summed E-state index contributed by atoms with van der Waals surface area (Å²) in [5, 5.41) is 8.17. The number of methoxy groups -OCH3 is 1. The van der Waals surface area contributed by atoms with Crippen molar-refractivity contribution in [1.29, 1.82) is 0 Å². The van der Waals surface area contributed by atoms with Gasteiger partial charge in [-0.2, -0.15) is 0 Å². The Hall–Kier alpha value is -1.07. The molecule has 1 atom stereocenters. The van der Waals surface area contributed by atoms with Gasteiger partial charge in [0.2, 0.25) is 0 Å². The van der Waals surface area contributed by atoms with Crippen molar-refractivity contribution in [2.75, 3.05) is 20.0 Å². The summed E-state index contributed by atoms with van der Waals surface area (Å²) in [6.07, 6.45) is 1.11. The number of hydrogen-bond acceptors (Lipinski definition) is 4. The second-order valence-corrected chi connectivity index (χ2v) is 5.50. The Labute approximate surface area is 89.4 Å². The Morgan fingerprint density at radius 1 is 1.33 bits per heavy atom. The summed E-state index contributed by atoms with van der Waals surface area (Å²) in [5.74, 6) is 0.656. The molecule has 1 N–H and O–H groups in total. The predicted octanol–water partition coefficient (Wildman–Crippen LogP) is 0.773. The van der Waals surface area contributed by atoms with E-state index in [4.69, 9.17) is 9.84 Å². The van der Waals surface area contributed by atoms with Gasteiger partial charge in [0.1, 0.15) is 11.0 Å². The summed E-state index contributed by atoms with van der Waals surface area (Å²) >= 11 is 0. The van der Waals surface area contributed by atoms with Gasteiger partial charge >= 0.3 is 0 Å². The molecular formula is C10H14O4S. The second kappa shape index (κ2) is 4.63. The van der Waals surface area contributed by atoms with Crippen LogP contribution in [0.5, 0.6) is 5.75 Å². The molecule has 4 nitrogen and oxygen atoms in total. The number of aliphatic hydroxyl groups excluding tert-OH is 1. The van der Waals surface area contributed by atoms with E-state index < -0.39 is 21.7 Å². The van der Waals surface area contributed by atoms with Crippen LogP contribution in [0.1, 0.15) is 10.8 Å². The summed E-state index contributed by atoms with van der Waals surface area (Å²) in [6.45, 7) is -0.412. The zero-order valence-corrected chi connectivity index (χ0v) is 9.49. The van der Waals surface area contributed by atoms with E-state index in [1.807, 2.05) is 0 Å². The molecule has 5 heteroatoms. The van der Waals surface area contributed by atoms with Crippen molar-refractivity contribution in [3.8, 4) is 5.75 Å². The third kappa shape index (κ3) is 2.94. The van der Waals surface area contributed by atoms with Crippen molar-refractivity contribution < 1.29 is 18.3 Å². The highest BCUT2D eigenvalue weighted by Gasteiger charge is 2.21. The third-order valence-electron chi connectivity index (χ3n) is 2.17. The molecule has 1 rings (SSSR count). The fourth-order valence-electron chi connectivity index (χ4n) is 1.31. The molecule has 84 valence electrons. The summed E-state index contributed by atoms with van der Waals surface area (Å²) in [7, 11) is -1.74. The summed E-state index contributed by atoms with van der Waals surface area (Å²) < 4.78 is 27.6. The maximum Gasteiger partial charge on any atom is 0.156 e. The molecule has 0 saturated heterocycles. The van der Waals surface area contributed by atoms with Gasteiger partial charge in [-0.1, -0.05) is 12.1 Å². The van der Waals surface area contributed by atoms with Gasteiger partial charge in [-0.05, 0) is 17.7 Å². The van der Waals surface area contributed by atoms with E-state index >= 15 is 0 Å². The number of hydrogen-bond donors (Lipinski definition) is 1. The minimum atomic E-state index is -3.28. The molecule has 0 fully saturated rings. The monoisotopic (exact) mass is 230 g/mol. The Bertz CT molecular complexity index is 408. The van der Waals surface area contributed by atoms with Crippen molar-refractivity contribution in [1.82, 2.24) is 0 Å². The minimum absolute atomic E-state index is 0.412. The van der Waals surface area contributed by atoms with Gasteiger partial charge in [0.15, 0.2) is 9.84 Å². The molecule has 0 radical (unpaired) electrons. The Morgan fingerprint density at radius 3 is 2.20 bits per heavy atom. The quantitative estimate of drug-likeness (QED) is 0.830. The van der Waals surface area contributed by atoms with Crippen molar-refractivity contribution in [3.05, 3.63) is 29.8 Å². The average molecular weight is 230 g/mol. The molecule has 1 aromatic rings. The smallest absolute Gasteiger partial charge is 0.156 e. The molecule has 0 bridgehead atoms. The number of ether oxygens (including phenoxy) is 1. The SMILES string of the molecule is COc1ccc(C(CO)S(C)(=O)=O)cc1. The third-order valence-corrected chi connectivity index (χ3v) is 3.63. The first-order chi connectivity index (χ1) is 6.99. The molecule has 0 heterocycles. The van der Waals surface area contributed by atoms with E-state index in [1.54, 1.807) is 24.3 Å². The van der Waals surface area contributed by atoms with Gasteiger partial charge in [-0.25, -0.2) is 8.42 Å². The zero-order valence-electron chi connectivity index (χ0n) is 8.67. The normalized spacial score (nSPS) is 13.5. The van der Waals surface area contributed by atoms with E-state index in [1.165, 1.54) is 7.11 Å². The lowest BCUT2D eigenvalue weighted by atomic mass is 10.1. The van der Waals surface area contributed by atoms with E-state index in [0.717, 1.165) is 6.26 Å². The molecule has 0 aliphatic carbocycles. The summed E-state index contributed by atoms with van der Waals surface area (Å²) in [4.78, 5) is 0. The van der Waals surface area contributed by atoms with Gasteiger partial charge in [0.25, 0.3) is 0 Å². The highest BCUT2D eigenvalue weighted by atomic mass is 32.2. The Balaban J connectivity index is 3.04. The van der Waals surface area contributed by atoms with E-state index in [9.17, 15) is 8.42 Å². The zero-order chi connectivity index (χ0) is 11.5. The summed E-state index contributed by atoms with van der Waals surface area (Å²) in [6, 6.07) is 6.62. The standard InChI is InChI=1S/C10H14O4S/c1-14-9-5-3-8(4-6-9)10(7-11)15(2,12)13/h3-6,10-11H,7H2,1-2H3. The van der Waals surface area contributed by atoms with Crippen LogP contribution in [0.4, 0.5) is 0 Å². The highest BCUT2D eigenvalue weighted by molar-refractivity contribution is 7.90. The molecule has 0 aliphatic heterocycles. The number of benzene rings is 1. The summed E-state index contributed by atoms with van der Waals surface area (Å²) in [5.41, 5.74) is 0.570. The predicted molar refractivity (Wildman–Crippen MR) is 57.7 cm³/mol. The van der Waals surface area contributed by atoms with Crippen LogP contribution in [0.15, 0.2) is 24.3 Å². The van der Waals surface area contributed by atoms with Crippen molar-refractivity contribution >= 4 is 9.84 Å². The van der Waals surface area contributed by atoms with Gasteiger partial charge in [0.05, 0.1) is 13.7 Å². The first-order valence-corrected chi connectivity index (χ1v) is 6.38. The molecule has 0 amide bonds. The van der Waals surface area contributed by atoms with Crippen LogP contribution in [0.3, 0.4) is 0 Å². The second-order valence-electron chi connectivity index (χ2n) is 3.27. The molecule has 1 aromatic carbocycles. The fourth-order valence-corrected chi connectivity index (χ4v) is 2.23. The molecular weight excluding hydrogens is 216 g/mol. The maximum atomic E-state index is 11.3. The van der Waals surface area contributed by atoms with Crippen LogP contribution in [-0.4, -0.2) is 33.5 Å². The van der Waals surface area contributed by atoms with E-state index in [2.05, 4.69) is 0 Å². The minimum Gasteiger partial charge on any atom is -0.497 e. The van der Waals surface area contributed by atoms with Crippen molar-refractivity contribution in [3.63, 3.8) is 0 Å². The lowest BCUT2D eigenvalue weighted by Gasteiger charge is -2.12. The van der Waals surface area contributed by atoms with Gasteiger partial charge < -0.3 is 9.84 Å². The van der Waals surface area contributed by atoms with Gasteiger partial charge in [0, 0.05) is 6.26 Å². The topological polar surface area (TPSA) is 63.6 Å². The first-order valence-electron chi connectivity index (χ1n) is 4.42. The fraction of sp³-hybridized carbons (Fsp3) is 0.400. The van der Waals surface area contributed by atoms with Crippen LogP contribution in [0.2, 0.25) is 0 Å². The van der Waals surface area contributed by atoms with Gasteiger partial charge in [-0.15, -0.1) is 0 Å². The maximum absolute atomic E-state index is 11.3.